The van der Waals surface area contributed by atoms with Crippen molar-refractivity contribution in [2.45, 2.75) is 0 Å². The smallest absolute Gasteiger partial charge is 0.342 e. The van der Waals surface area contributed by atoms with Gasteiger partial charge in [-0.05, 0) is 12.1 Å². The topological polar surface area (TPSA) is 113 Å². The van der Waals surface area contributed by atoms with Gasteiger partial charge in [-0.3, -0.25) is 14.9 Å². The number of anilines is 1. The van der Waals surface area contributed by atoms with Gasteiger partial charge in [-0.15, -0.1) is 0 Å². The van der Waals surface area contributed by atoms with Gasteiger partial charge in [0.25, 0.3) is 5.69 Å². The lowest BCUT2D eigenvalue weighted by Crippen LogP contribution is -2.28. The van der Waals surface area contributed by atoms with E-state index in [0.717, 1.165) is 12.1 Å². The Hall–Kier alpha value is -2.64. The number of nitro groups is 1. The van der Waals surface area contributed by atoms with Gasteiger partial charge >= 0.3 is 5.97 Å². The van der Waals surface area contributed by atoms with Gasteiger partial charge < -0.3 is 15.3 Å². The highest BCUT2D eigenvalue weighted by atomic mass is 16.6. The number of hydrogen-bond donors (Lipinski definition) is 2. The molecule has 19 heavy (non-hydrogen) atoms. The van der Waals surface area contributed by atoms with E-state index in [1.807, 2.05) is 0 Å². The fourth-order valence-corrected chi connectivity index (χ4v) is 1.31. The summed E-state index contributed by atoms with van der Waals surface area (Å²) in [4.78, 5) is 33.5. The first kappa shape index (κ1) is 14.4. The number of benzene rings is 1. The molecule has 1 aromatic carbocycles. The second kappa shape index (κ2) is 5.80. The summed E-state index contributed by atoms with van der Waals surface area (Å²) in [6.07, 6.45) is 0. The van der Waals surface area contributed by atoms with E-state index in [9.17, 15) is 19.7 Å². The molecule has 0 radical (unpaired) electrons. The molecule has 0 bridgehead atoms. The average molecular weight is 267 g/mol. The van der Waals surface area contributed by atoms with Crippen LogP contribution in [0.25, 0.3) is 0 Å². The van der Waals surface area contributed by atoms with Gasteiger partial charge in [-0.25, -0.2) is 4.79 Å². The standard InChI is InChI=1S/C11H13N3O5/c1-13(2)10(15)6-12-7-3-4-8(11(16)17)9(5-7)14(18)19/h3-5,12H,6H2,1-2H3,(H,16,17). The summed E-state index contributed by atoms with van der Waals surface area (Å²) in [6.45, 7) is -0.0312. The van der Waals surface area contributed by atoms with Gasteiger partial charge in [0.05, 0.1) is 11.5 Å². The highest BCUT2D eigenvalue weighted by Gasteiger charge is 2.20. The Kier molecular flexibility index (Phi) is 4.41. The summed E-state index contributed by atoms with van der Waals surface area (Å²) in [5.74, 6) is -1.58. The third-order valence-electron chi connectivity index (χ3n) is 2.37. The van der Waals surface area contributed by atoms with E-state index in [2.05, 4.69) is 5.32 Å². The summed E-state index contributed by atoms with van der Waals surface area (Å²) in [5.41, 5.74) is -0.601. The van der Waals surface area contributed by atoms with Gasteiger partial charge in [0.15, 0.2) is 0 Å². The van der Waals surface area contributed by atoms with E-state index in [4.69, 9.17) is 5.11 Å². The Balaban J connectivity index is 2.93. The molecule has 1 amide bonds. The van der Waals surface area contributed by atoms with Crippen LogP contribution < -0.4 is 5.32 Å². The normalized spacial score (nSPS) is 9.79. The maximum Gasteiger partial charge on any atom is 0.342 e. The molecule has 0 spiro atoms. The van der Waals surface area contributed by atoms with Crippen molar-refractivity contribution in [1.82, 2.24) is 4.90 Å². The SMILES string of the molecule is CN(C)C(=O)CNc1ccc(C(=O)O)c([N+](=O)[O-])c1. The summed E-state index contributed by atoms with van der Waals surface area (Å²) < 4.78 is 0. The monoisotopic (exact) mass is 267 g/mol. The first-order valence-electron chi connectivity index (χ1n) is 5.28. The zero-order chi connectivity index (χ0) is 14.6. The van der Waals surface area contributed by atoms with Crippen LogP contribution in [0.15, 0.2) is 18.2 Å². The molecule has 0 aliphatic carbocycles. The van der Waals surface area contributed by atoms with Crippen LogP contribution in [0.2, 0.25) is 0 Å². The number of carboxylic acids is 1. The van der Waals surface area contributed by atoms with Crippen molar-refractivity contribution in [3.05, 3.63) is 33.9 Å². The number of nitrogens with one attached hydrogen (secondary N) is 1. The van der Waals surface area contributed by atoms with Crippen LogP contribution in [-0.2, 0) is 4.79 Å². The minimum atomic E-state index is -1.37. The maximum atomic E-state index is 11.3. The van der Waals surface area contributed by atoms with E-state index in [1.54, 1.807) is 14.1 Å². The number of rotatable bonds is 5. The van der Waals surface area contributed by atoms with E-state index >= 15 is 0 Å². The zero-order valence-electron chi connectivity index (χ0n) is 10.4. The van der Waals surface area contributed by atoms with E-state index < -0.39 is 22.1 Å². The van der Waals surface area contributed by atoms with Crippen LogP contribution in [0.3, 0.4) is 0 Å². The molecule has 0 atom stereocenters. The Morgan fingerprint density at radius 1 is 1.42 bits per heavy atom. The molecule has 1 rings (SSSR count). The number of hydrogen-bond acceptors (Lipinski definition) is 5. The molecule has 0 unspecified atom stereocenters. The Bertz CT molecular complexity index is 527. The Morgan fingerprint density at radius 2 is 2.05 bits per heavy atom. The molecule has 8 heteroatoms. The molecule has 0 aliphatic heterocycles. The lowest BCUT2D eigenvalue weighted by Gasteiger charge is -2.11. The lowest BCUT2D eigenvalue weighted by molar-refractivity contribution is -0.385. The molecule has 0 heterocycles. The summed E-state index contributed by atoms with van der Waals surface area (Å²) >= 11 is 0. The first-order valence-corrected chi connectivity index (χ1v) is 5.28. The van der Waals surface area contributed by atoms with Crippen LogP contribution >= 0.6 is 0 Å². The van der Waals surface area contributed by atoms with Crippen LogP contribution in [0, 0.1) is 10.1 Å². The zero-order valence-corrected chi connectivity index (χ0v) is 10.4. The van der Waals surface area contributed by atoms with Gasteiger partial charge in [-0.1, -0.05) is 0 Å². The lowest BCUT2D eigenvalue weighted by atomic mass is 10.1. The van der Waals surface area contributed by atoms with Crippen molar-refractivity contribution in [1.29, 1.82) is 0 Å². The molecule has 0 saturated carbocycles. The van der Waals surface area contributed by atoms with Crippen molar-refractivity contribution in [3.8, 4) is 0 Å². The highest BCUT2D eigenvalue weighted by Crippen LogP contribution is 2.23. The molecule has 8 nitrogen and oxygen atoms in total. The van der Waals surface area contributed by atoms with Crippen LogP contribution in [0.5, 0.6) is 0 Å². The molecule has 1 aromatic rings. The molecule has 102 valence electrons. The predicted octanol–water partition coefficient (Wildman–Crippen LogP) is 0.793. The molecule has 0 aromatic heterocycles. The molecule has 0 aliphatic rings. The minimum absolute atomic E-state index is 0.0312. The van der Waals surface area contributed by atoms with Crippen LogP contribution in [0.1, 0.15) is 10.4 Å². The number of nitrogens with zero attached hydrogens (tertiary/aromatic N) is 2. The van der Waals surface area contributed by atoms with Gasteiger partial charge in [-0.2, -0.15) is 0 Å². The van der Waals surface area contributed by atoms with Crippen LogP contribution in [0.4, 0.5) is 11.4 Å². The number of amides is 1. The van der Waals surface area contributed by atoms with Gasteiger partial charge in [0.2, 0.25) is 5.91 Å². The van der Waals surface area contributed by atoms with Crippen molar-refractivity contribution in [2.75, 3.05) is 26.0 Å². The fraction of sp³-hybridized carbons (Fsp3) is 0.273. The van der Waals surface area contributed by atoms with Gasteiger partial charge in [0.1, 0.15) is 5.56 Å². The van der Waals surface area contributed by atoms with E-state index in [0.29, 0.717) is 5.69 Å². The van der Waals surface area contributed by atoms with Crippen molar-refractivity contribution >= 4 is 23.3 Å². The maximum absolute atomic E-state index is 11.3. The number of carbonyl (C=O) groups excluding carboxylic acids is 1. The Morgan fingerprint density at radius 3 is 2.53 bits per heavy atom. The van der Waals surface area contributed by atoms with Gasteiger partial charge in [0, 0.05) is 25.8 Å². The summed E-state index contributed by atoms with van der Waals surface area (Å²) in [6, 6.07) is 3.59. The molecule has 0 saturated heterocycles. The number of carbonyl (C=O) groups is 2. The quantitative estimate of drug-likeness (QED) is 0.602. The molecular formula is C11H13N3O5. The largest absolute Gasteiger partial charge is 0.477 e. The average Bonchev–Trinajstić information content (AvgIpc) is 2.35. The van der Waals surface area contributed by atoms with E-state index in [-0.39, 0.29) is 12.5 Å². The second-order valence-electron chi connectivity index (χ2n) is 3.94. The predicted molar refractivity (Wildman–Crippen MR) is 67.2 cm³/mol. The number of nitro benzene ring substituents is 1. The third-order valence-corrected chi connectivity index (χ3v) is 2.37. The highest BCUT2D eigenvalue weighted by molar-refractivity contribution is 5.93. The second-order valence-corrected chi connectivity index (χ2v) is 3.94. The van der Waals surface area contributed by atoms with E-state index in [1.165, 1.54) is 11.0 Å². The first-order chi connectivity index (χ1) is 8.82. The van der Waals surface area contributed by atoms with Crippen LogP contribution in [-0.4, -0.2) is 47.4 Å². The summed E-state index contributed by atoms with van der Waals surface area (Å²) in [7, 11) is 3.17. The van der Waals surface area contributed by atoms with Crippen molar-refractivity contribution < 1.29 is 19.6 Å². The summed E-state index contributed by atoms with van der Waals surface area (Å²) in [5, 5.41) is 22.3. The molecule has 2 N–H and O–H groups in total. The molecule has 0 fully saturated rings. The number of likely N-dealkylation sites (N-methyl/N-ethyl adjacent to an activating group) is 1. The number of aromatic carboxylic acids is 1. The Labute approximate surface area is 108 Å². The fourth-order valence-electron chi connectivity index (χ4n) is 1.31. The van der Waals surface area contributed by atoms with Crippen molar-refractivity contribution in [3.63, 3.8) is 0 Å². The van der Waals surface area contributed by atoms with Crippen molar-refractivity contribution in [2.24, 2.45) is 0 Å². The number of carboxylic acid groups (broad SMARTS) is 1. The minimum Gasteiger partial charge on any atom is -0.477 e. The molecular weight excluding hydrogens is 254 g/mol. The third kappa shape index (κ3) is 3.66.